The number of aliphatic hydroxyl groups is 3. The van der Waals surface area contributed by atoms with Gasteiger partial charge < -0.3 is 45.9 Å². The third-order valence-corrected chi connectivity index (χ3v) is 8.88. The van der Waals surface area contributed by atoms with E-state index in [1.54, 1.807) is 11.5 Å². The highest BCUT2D eigenvalue weighted by Gasteiger charge is 2.64. The van der Waals surface area contributed by atoms with Crippen molar-refractivity contribution in [2.45, 2.75) is 61.6 Å². The molecule has 4 aromatic heterocycles. The number of imidazole rings is 2. The lowest BCUT2D eigenvalue weighted by atomic mass is 9.92. The minimum absolute atomic E-state index is 0.0810. The van der Waals surface area contributed by atoms with Crippen molar-refractivity contribution in [3.63, 3.8) is 0 Å². The van der Waals surface area contributed by atoms with Gasteiger partial charge in [0.05, 0.1) is 25.9 Å². The third kappa shape index (κ3) is 4.38. The Hall–Kier alpha value is -3.43. The fourth-order valence-electron chi connectivity index (χ4n) is 5.69. The summed E-state index contributed by atoms with van der Waals surface area (Å²) in [5.41, 5.74) is 11.8. The van der Waals surface area contributed by atoms with Crippen LogP contribution in [0, 0.1) is 0 Å². The molecule has 0 aliphatic carbocycles. The molecule has 0 bridgehead atoms. The minimum atomic E-state index is -4.93. The van der Waals surface area contributed by atoms with E-state index in [4.69, 9.17) is 34.7 Å². The molecule has 0 aromatic carbocycles. The summed E-state index contributed by atoms with van der Waals surface area (Å²) >= 11 is 0. The van der Waals surface area contributed by atoms with Gasteiger partial charge in [-0.15, -0.1) is 0 Å². The number of hydrogen-bond acceptors (Lipinski definition) is 17. The highest BCUT2D eigenvalue weighted by molar-refractivity contribution is 7.47. The number of phosphoric ester groups is 1. The average molecular weight is 622 g/mol. The maximum absolute atomic E-state index is 13.1. The Kier molecular flexibility index (Phi) is 6.63. The van der Waals surface area contributed by atoms with E-state index in [9.17, 15) is 24.8 Å². The Morgan fingerprint density at radius 3 is 2.37 bits per heavy atom. The van der Waals surface area contributed by atoms with E-state index >= 15 is 0 Å². The topological polar surface area (TPSA) is 283 Å². The predicted molar refractivity (Wildman–Crippen MR) is 140 cm³/mol. The van der Waals surface area contributed by atoms with Crippen LogP contribution >= 0.6 is 7.82 Å². The quantitative estimate of drug-likeness (QED) is 0.113. The Balaban J connectivity index is 1.06. The number of ether oxygens (including phenoxy) is 3. The summed E-state index contributed by atoms with van der Waals surface area (Å²) in [5, 5.41) is 31.3. The summed E-state index contributed by atoms with van der Waals surface area (Å²) in [6, 6.07) is 0. The number of nitrogen functional groups attached to an aromatic ring is 2. The molecule has 3 aliphatic rings. The number of fused-ring (bicyclic) bond motifs is 3. The molecule has 3 saturated heterocycles. The van der Waals surface area contributed by atoms with Gasteiger partial charge in [0.25, 0.3) is 0 Å². The zero-order valence-corrected chi connectivity index (χ0v) is 23.2. The standard InChI is InChI=1S/C22H27N10O10P/c1-22(32-7-30-11-18(24)26-5-28-20(11)32)16-14(41-22)13(35)9(39-16)3-38-43(36,37)42-15-12(34)8(2-33)40-21(15)31-6-29-10-17(23)25-4-27-19(10)31/h4-9,12-16,21,33-35H,2-3H2,1H3,(H,36,37)(H2,23,25,27)(H2,24,26,28)/t8-,9-,12?,13?,14?,15?,16-,21-,22+/m1/s1. The van der Waals surface area contributed by atoms with Gasteiger partial charge in [-0.05, 0) is 6.92 Å². The molecular weight excluding hydrogens is 595 g/mol. The molecule has 7 heterocycles. The van der Waals surface area contributed by atoms with Crippen LogP contribution in [-0.2, 0) is 33.5 Å². The molecular formula is C22H27N10O10P. The van der Waals surface area contributed by atoms with E-state index in [2.05, 4.69) is 29.9 Å². The number of phosphoric acid groups is 1. The van der Waals surface area contributed by atoms with Crippen LogP contribution in [0.15, 0.2) is 25.3 Å². The van der Waals surface area contributed by atoms with E-state index in [0.29, 0.717) is 11.2 Å². The molecule has 20 nitrogen and oxygen atoms in total. The van der Waals surface area contributed by atoms with Crippen LogP contribution in [0.3, 0.4) is 0 Å². The zero-order chi connectivity index (χ0) is 30.3. The van der Waals surface area contributed by atoms with E-state index in [1.165, 1.54) is 29.9 Å². The number of nitrogens with two attached hydrogens (primary N) is 2. The van der Waals surface area contributed by atoms with Gasteiger partial charge in [0.2, 0.25) is 0 Å². The maximum atomic E-state index is 13.1. The van der Waals surface area contributed by atoms with Crippen LogP contribution in [-0.4, -0.2) is 115 Å². The number of rotatable bonds is 8. The molecule has 43 heavy (non-hydrogen) atoms. The van der Waals surface area contributed by atoms with Crippen molar-refractivity contribution in [3.05, 3.63) is 25.3 Å². The van der Waals surface area contributed by atoms with Gasteiger partial charge >= 0.3 is 7.82 Å². The van der Waals surface area contributed by atoms with Crippen molar-refractivity contribution in [2.75, 3.05) is 24.7 Å². The molecule has 4 aromatic rings. The number of aliphatic hydroxyl groups excluding tert-OH is 3. The number of hydrogen-bond donors (Lipinski definition) is 6. The Bertz CT molecular complexity index is 1740. The van der Waals surface area contributed by atoms with E-state index in [0.717, 1.165) is 0 Å². The van der Waals surface area contributed by atoms with E-state index < -0.39 is 75.7 Å². The summed E-state index contributed by atoms with van der Waals surface area (Å²) in [7, 11) is -4.93. The second kappa shape index (κ2) is 10.1. The molecule has 0 saturated carbocycles. The van der Waals surface area contributed by atoms with Crippen LogP contribution in [0.5, 0.6) is 0 Å². The highest BCUT2D eigenvalue weighted by Crippen LogP contribution is 2.52. The predicted octanol–water partition coefficient (Wildman–Crippen LogP) is -2.22. The minimum Gasteiger partial charge on any atom is -0.394 e. The maximum Gasteiger partial charge on any atom is 0.472 e. The zero-order valence-electron chi connectivity index (χ0n) is 22.3. The molecule has 21 heteroatoms. The molecule has 7 rings (SSSR count). The Morgan fingerprint density at radius 1 is 0.977 bits per heavy atom. The van der Waals surface area contributed by atoms with Crippen LogP contribution < -0.4 is 11.5 Å². The fourth-order valence-corrected chi connectivity index (χ4v) is 6.63. The molecule has 230 valence electrons. The molecule has 3 fully saturated rings. The molecule has 0 radical (unpaired) electrons. The van der Waals surface area contributed by atoms with Gasteiger partial charge in [-0.1, -0.05) is 0 Å². The van der Waals surface area contributed by atoms with Crippen LogP contribution in [0.2, 0.25) is 0 Å². The van der Waals surface area contributed by atoms with Crippen molar-refractivity contribution in [1.29, 1.82) is 0 Å². The van der Waals surface area contributed by atoms with Gasteiger partial charge in [-0.3, -0.25) is 18.2 Å². The summed E-state index contributed by atoms with van der Waals surface area (Å²) in [5.74, 6) is 0.266. The lowest BCUT2D eigenvalue weighted by Gasteiger charge is -2.49. The van der Waals surface area contributed by atoms with E-state index in [-0.39, 0.29) is 22.8 Å². The van der Waals surface area contributed by atoms with Crippen molar-refractivity contribution >= 4 is 41.8 Å². The van der Waals surface area contributed by atoms with Crippen LogP contribution in [0.4, 0.5) is 11.6 Å². The van der Waals surface area contributed by atoms with Crippen LogP contribution in [0.25, 0.3) is 22.3 Å². The lowest BCUT2D eigenvalue weighted by Crippen LogP contribution is -2.64. The summed E-state index contributed by atoms with van der Waals surface area (Å²) in [4.78, 5) is 35.1. The highest BCUT2D eigenvalue weighted by atomic mass is 31.2. The molecule has 0 amide bonds. The van der Waals surface area contributed by atoms with E-state index in [1.807, 2.05) is 0 Å². The third-order valence-electron chi connectivity index (χ3n) is 7.89. The van der Waals surface area contributed by atoms with Gasteiger partial charge in [-0.2, -0.15) is 0 Å². The Morgan fingerprint density at radius 2 is 1.65 bits per heavy atom. The van der Waals surface area contributed by atoms with Gasteiger partial charge in [0, 0.05) is 0 Å². The first-order valence-corrected chi connectivity index (χ1v) is 14.5. The second-order valence-corrected chi connectivity index (χ2v) is 11.8. The summed E-state index contributed by atoms with van der Waals surface area (Å²) < 4.78 is 44.3. The number of aromatic nitrogens is 8. The Labute approximate surface area is 240 Å². The number of nitrogens with zero attached hydrogens (tertiary/aromatic N) is 8. The van der Waals surface area contributed by atoms with Crippen molar-refractivity contribution in [1.82, 2.24) is 39.0 Å². The number of anilines is 2. The largest absolute Gasteiger partial charge is 0.472 e. The van der Waals surface area contributed by atoms with Crippen molar-refractivity contribution in [2.24, 2.45) is 0 Å². The molecule has 10 atom stereocenters. The normalized spacial score (nSPS) is 35.3. The van der Waals surface area contributed by atoms with Gasteiger partial charge in [0.15, 0.2) is 34.9 Å². The molecule has 8 N–H and O–H groups in total. The van der Waals surface area contributed by atoms with Gasteiger partial charge in [0.1, 0.15) is 66.4 Å². The lowest BCUT2D eigenvalue weighted by molar-refractivity contribution is -0.314. The molecule has 0 spiro atoms. The molecule has 5 unspecified atom stereocenters. The van der Waals surface area contributed by atoms with Crippen molar-refractivity contribution in [3.8, 4) is 0 Å². The SMILES string of the molecule is C[C@]1(n2cnc3c(N)ncnc32)OC2C(O)[C@@H](COP(=O)(O)OC3C(O)[C@@H](CO)O[C@H]3n3cnc4c(N)ncnc43)O[C@H]21. The fraction of sp³-hybridized carbons (Fsp3) is 0.545. The van der Waals surface area contributed by atoms with Gasteiger partial charge in [-0.25, -0.2) is 34.5 Å². The summed E-state index contributed by atoms with van der Waals surface area (Å²) in [6.07, 6.45) is -4.04. The monoisotopic (exact) mass is 622 g/mol. The van der Waals surface area contributed by atoms with Crippen LogP contribution in [0.1, 0.15) is 13.2 Å². The first kappa shape index (κ1) is 28.3. The average Bonchev–Trinajstić information content (AvgIpc) is 3.73. The molecule has 3 aliphatic heterocycles. The van der Waals surface area contributed by atoms with Crippen molar-refractivity contribution < 1.29 is 48.0 Å². The first-order chi connectivity index (χ1) is 20.5. The first-order valence-electron chi connectivity index (χ1n) is 13.0. The summed E-state index contributed by atoms with van der Waals surface area (Å²) in [6.45, 7) is 0.518. The smallest absolute Gasteiger partial charge is 0.394 e. The second-order valence-electron chi connectivity index (χ2n) is 10.4.